The first-order valence-electron chi connectivity index (χ1n) is 5.23. The Morgan fingerprint density at radius 3 is 2.40 bits per heavy atom. The van der Waals surface area contributed by atoms with E-state index in [1.165, 1.54) is 6.07 Å². The van der Waals surface area contributed by atoms with Gasteiger partial charge in [0, 0.05) is 8.95 Å². The summed E-state index contributed by atoms with van der Waals surface area (Å²) in [5, 5.41) is 0.438. The molecule has 0 atom stereocenters. The van der Waals surface area contributed by atoms with Crippen LogP contribution < -0.4 is 4.72 Å². The van der Waals surface area contributed by atoms with E-state index in [1.807, 2.05) is 0 Å². The summed E-state index contributed by atoms with van der Waals surface area (Å²) in [6.07, 6.45) is 0. The molecule has 2 aromatic rings. The van der Waals surface area contributed by atoms with Gasteiger partial charge in [-0.15, -0.1) is 0 Å². The predicted molar refractivity (Wildman–Crippen MR) is 89.1 cm³/mol. The van der Waals surface area contributed by atoms with Gasteiger partial charge in [0.15, 0.2) is 0 Å². The Morgan fingerprint density at radius 2 is 1.75 bits per heavy atom. The molecule has 0 aliphatic carbocycles. The minimum absolute atomic E-state index is 0.108. The summed E-state index contributed by atoms with van der Waals surface area (Å²) in [6, 6.07) is 9.50. The smallest absolute Gasteiger partial charge is 0.263 e. The molecule has 20 heavy (non-hydrogen) atoms. The average molecular weight is 460 g/mol. The van der Waals surface area contributed by atoms with Gasteiger partial charge in [-0.3, -0.25) is 4.72 Å². The zero-order valence-electron chi connectivity index (χ0n) is 9.70. The molecule has 0 saturated carbocycles. The van der Waals surface area contributed by atoms with Gasteiger partial charge in [-0.1, -0.05) is 45.2 Å². The van der Waals surface area contributed by atoms with Crippen molar-refractivity contribution < 1.29 is 8.42 Å². The Hall–Kier alpha value is -0.270. The monoisotopic (exact) mass is 457 g/mol. The SMILES string of the molecule is O=S(=O)(Nc1cccc(Cl)c1Cl)c1ccc(Br)cc1Br. The van der Waals surface area contributed by atoms with Crippen LogP contribution in [0, 0.1) is 0 Å². The van der Waals surface area contributed by atoms with Crippen LogP contribution in [0.15, 0.2) is 50.2 Å². The van der Waals surface area contributed by atoms with Crippen LogP contribution in [0.25, 0.3) is 0 Å². The number of nitrogens with one attached hydrogen (secondary N) is 1. The first kappa shape index (κ1) is 16.1. The number of anilines is 1. The number of hydrogen-bond donors (Lipinski definition) is 1. The van der Waals surface area contributed by atoms with E-state index in [4.69, 9.17) is 23.2 Å². The van der Waals surface area contributed by atoms with Gasteiger partial charge >= 0.3 is 0 Å². The number of sulfonamides is 1. The van der Waals surface area contributed by atoms with Crippen LogP contribution in [0.5, 0.6) is 0 Å². The van der Waals surface area contributed by atoms with Gasteiger partial charge in [0.25, 0.3) is 10.0 Å². The number of benzene rings is 2. The maximum Gasteiger partial charge on any atom is 0.263 e. The molecule has 0 radical (unpaired) electrons. The second-order valence-corrected chi connectivity index (χ2v) is 7.99. The highest BCUT2D eigenvalue weighted by Crippen LogP contribution is 2.33. The first-order chi connectivity index (χ1) is 9.31. The lowest BCUT2D eigenvalue weighted by molar-refractivity contribution is 0.600. The largest absolute Gasteiger partial charge is 0.278 e. The van der Waals surface area contributed by atoms with Crippen LogP contribution in [0.3, 0.4) is 0 Å². The fourth-order valence-corrected chi connectivity index (χ4v) is 4.70. The standard InChI is InChI=1S/C12H7Br2Cl2NO2S/c13-7-4-5-11(8(14)6-7)20(18,19)17-10-3-1-2-9(15)12(10)16/h1-6,17H. The van der Waals surface area contributed by atoms with Crippen LogP contribution >= 0.6 is 55.1 Å². The number of hydrogen-bond acceptors (Lipinski definition) is 2. The van der Waals surface area contributed by atoms with Gasteiger partial charge < -0.3 is 0 Å². The van der Waals surface area contributed by atoms with E-state index < -0.39 is 10.0 Å². The molecule has 0 bridgehead atoms. The minimum atomic E-state index is -3.76. The van der Waals surface area contributed by atoms with Crippen molar-refractivity contribution in [2.75, 3.05) is 4.72 Å². The molecular weight excluding hydrogens is 453 g/mol. The summed E-state index contributed by atoms with van der Waals surface area (Å²) in [4.78, 5) is 0.108. The van der Waals surface area contributed by atoms with Crippen LogP contribution in [-0.2, 0) is 10.0 Å². The fraction of sp³-hybridized carbons (Fsp3) is 0. The van der Waals surface area contributed by atoms with Gasteiger partial charge in [-0.05, 0) is 46.3 Å². The van der Waals surface area contributed by atoms with E-state index >= 15 is 0 Å². The second kappa shape index (κ2) is 6.23. The normalized spacial score (nSPS) is 11.4. The molecule has 0 unspecified atom stereocenters. The molecule has 2 aromatic carbocycles. The van der Waals surface area contributed by atoms with E-state index in [0.29, 0.717) is 4.47 Å². The zero-order chi connectivity index (χ0) is 14.9. The van der Waals surface area contributed by atoms with Crippen LogP contribution in [-0.4, -0.2) is 8.42 Å². The molecule has 3 nitrogen and oxygen atoms in total. The highest BCUT2D eigenvalue weighted by atomic mass is 79.9. The van der Waals surface area contributed by atoms with Crippen molar-refractivity contribution in [3.05, 3.63) is 55.4 Å². The molecule has 0 spiro atoms. The first-order valence-corrected chi connectivity index (χ1v) is 9.05. The van der Waals surface area contributed by atoms with Gasteiger partial charge in [-0.25, -0.2) is 8.42 Å². The topological polar surface area (TPSA) is 46.2 Å². The van der Waals surface area contributed by atoms with Crippen molar-refractivity contribution in [1.29, 1.82) is 0 Å². The van der Waals surface area contributed by atoms with Gasteiger partial charge in [0.05, 0.1) is 15.7 Å². The predicted octanol–water partition coefficient (Wildman–Crippen LogP) is 5.32. The molecule has 106 valence electrons. The summed E-state index contributed by atoms with van der Waals surface area (Å²) in [5.74, 6) is 0. The van der Waals surface area contributed by atoms with Crippen molar-refractivity contribution in [3.8, 4) is 0 Å². The molecule has 0 aliphatic heterocycles. The summed E-state index contributed by atoms with van der Waals surface area (Å²) in [5.41, 5.74) is 0.231. The van der Waals surface area contributed by atoms with E-state index in [1.54, 1.807) is 30.3 Å². The van der Waals surface area contributed by atoms with Gasteiger partial charge in [0.1, 0.15) is 4.90 Å². The molecule has 8 heteroatoms. The van der Waals surface area contributed by atoms with E-state index in [-0.39, 0.29) is 20.6 Å². The van der Waals surface area contributed by atoms with Crippen LogP contribution in [0.1, 0.15) is 0 Å². The third-order valence-corrected chi connectivity index (χ3v) is 6.03. The van der Waals surface area contributed by atoms with E-state index in [2.05, 4.69) is 36.6 Å². The Balaban J connectivity index is 2.44. The summed E-state index contributed by atoms with van der Waals surface area (Å²) in [6.45, 7) is 0. The van der Waals surface area contributed by atoms with Crippen molar-refractivity contribution in [2.24, 2.45) is 0 Å². The summed E-state index contributed by atoms with van der Waals surface area (Å²) in [7, 11) is -3.76. The van der Waals surface area contributed by atoms with Crippen LogP contribution in [0.2, 0.25) is 10.0 Å². The minimum Gasteiger partial charge on any atom is -0.278 e. The highest BCUT2D eigenvalue weighted by Gasteiger charge is 2.19. The molecule has 0 saturated heterocycles. The van der Waals surface area contributed by atoms with Crippen molar-refractivity contribution in [3.63, 3.8) is 0 Å². The Kier molecular flexibility index (Phi) is 5.02. The summed E-state index contributed by atoms with van der Waals surface area (Å²) >= 11 is 18.3. The maximum absolute atomic E-state index is 12.3. The molecule has 0 heterocycles. The summed E-state index contributed by atoms with van der Waals surface area (Å²) < 4.78 is 28.3. The van der Waals surface area contributed by atoms with Crippen molar-refractivity contribution >= 4 is 70.8 Å². The second-order valence-electron chi connectivity index (χ2n) is 3.78. The lowest BCUT2D eigenvalue weighted by atomic mass is 10.3. The lowest BCUT2D eigenvalue weighted by Crippen LogP contribution is -2.13. The number of halogens is 4. The van der Waals surface area contributed by atoms with Gasteiger partial charge in [0.2, 0.25) is 0 Å². The third kappa shape index (κ3) is 3.49. The molecule has 0 aliphatic rings. The average Bonchev–Trinajstić information content (AvgIpc) is 2.34. The highest BCUT2D eigenvalue weighted by molar-refractivity contribution is 9.11. The van der Waals surface area contributed by atoms with E-state index in [0.717, 1.165) is 4.47 Å². The Bertz CT molecular complexity index is 766. The molecular formula is C12H7Br2Cl2NO2S. The maximum atomic E-state index is 12.3. The molecule has 2 rings (SSSR count). The molecule has 0 aromatic heterocycles. The van der Waals surface area contributed by atoms with Gasteiger partial charge in [-0.2, -0.15) is 0 Å². The van der Waals surface area contributed by atoms with E-state index in [9.17, 15) is 8.42 Å². The van der Waals surface area contributed by atoms with Crippen molar-refractivity contribution in [2.45, 2.75) is 4.90 Å². The zero-order valence-corrected chi connectivity index (χ0v) is 15.2. The Morgan fingerprint density at radius 1 is 1.05 bits per heavy atom. The number of rotatable bonds is 3. The quantitative estimate of drug-likeness (QED) is 0.675. The van der Waals surface area contributed by atoms with Crippen LogP contribution in [0.4, 0.5) is 5.69 Å². The molecule has 1 N–H and O–H groups in total. The van der Waals surface area contributed by atoms with Crippen molar-refractivity contribution in [1.82, 2.24) is 0 Å². The third-order valence-electron chi connectivity index (χ3n) is 2.38. The molecule has 0 amide bonds. The fourth-order valence-electron chi connectivity index (χ4n) is 1.48. The lowest BCUT2D eigenvalue weighted by Gasteiger charge is -2.11. The Labute approximate surface area is 143 Å². The molecule has 0 fully saturated rings.